The molecule has 0 spiro atoms. The third-order valence-electron chi connectivity index (χ3n) is 5.02. The van der Waals surface area contributed by atoms with Crippen LogP contribution in [0, 0.1) is 11.6 Å². The first-order chi connectivity index (χ1) is 13.4. The van der Waals surface area contributed by atoms with Gasteiger partial charge in [0.15, 0.2) is 0 Å². The number of halogens is 2. The highest BCUT2D eigenvalue weighted by Gasteiger charge is 2.27. The van der Waals surface area contributed by atoms with E-state index in [1.807, 2.05) is 18.2 Å². The number of ether oxygens (including phenoxy) is 3. The molecule has 0 aromatic heterocycles. The van der Waals surface area contributed by atoms with Crippen LogP contribution in [0.3, 0.4) is 0 Å². The van der Waals surface area contributed by atoms with Crippen molar-refractivity contribution in [1.82, 2.24) is 0 Å². The Labute approximate surface area is 163 Å². The summed E-state index contributed by atoms with van der Waals surface area (Å²) >= 11 is 0. The zero-order chi connectivity index (χ0) is 19.7. The predicted molar refractivity (Wildman–Crippen MR) is 102 cm³/mol. The summed E-state index contributed by atoms with van der Waals surface area (Å²) in [7, 11) is 0. The largest absolute Gasteiger partial charge is 0.493 e. The van der Waals surface area contributed by atoms with Crippen LogP contribution in [0.4, 0.5) is 8.78 Å². The molecule has 2 aromatic rings. The predicted octanol–water partition coefficient (Wildman–Crippen LogP) is 4.68. The molecule has 2 aromatic carbocycles. The maximum atomic E-state index is 13.9. The van der Waals surface area contributed by atoms with E-state index in [2.05, 4.69) is 18.8 Å². The summed E-state index contributed by atoms with van der Waals surface area (Å²) in [6.07, 6.45) is 2.52. The normalized spacial score (nSPS) is 20.0. The molecule has 4 nitrogen and oxygen atoms in total. The second kappa shape index (κ2) is 7.41. The first-order valence-corrected chi connectivity index (χ1v) is 9.51. The summed E-state index contributed by atoms with van der Waals surface area (Å²) in [5.41, 5.74) is 0.811. The average Bonchev–Trinajstić information content (AvgIpc) is 3.09. The van der Waals surface area contributed by atoms with Crippen LogP contribution in [0.15, 0.2) is 41.4 Å². The van der Waals surface area contributed by atoms with Crippen molar-refractivity contribution < 1.29 is 23.0 Å². The van der Waals surface area contributed by atoms with E-state index in [0.717, 1.165) is 29.9 Å². The lowest BCUT2D eigenvalue weighted by Gasteiger charge is -2.32. The molecule has 28 heavy (non-hydrogen) atoms. The van der Waals surface area contributed by atoms with E-state index in [9.17, 15) is 8.78 Å². The molecule has 0 radical (unpaired) electrons. The second-order valence-electron chi connectivity index (χ2n) is 7.76. The van der Waals surface area contributed by atoms with Gasteiger partial charge in [0.25, 0.3) is 0 Å². The van der Waals surface area contributed by atoms with E-state index in [4.69, 9.17) is 14.2 Å². The summed E-state index contributed by atoms with van der Waals surface area (Å²) in [5, 5.41) is 0. The van der Waals surface area contributed by atoms with Crippen LogP contribution in [-0.4, -0.2) is 30.8 Å². The minimum atomic E-state index is -0.671. The van der Waals surface area contributed by atoms with Gasteiger partial charge >= 0.3 is 0 Å². The summed E-state index contributed by atoms with van der Waals surface area (Å²) in [4.78, 5) is 4.31. The molecule has 0 bridgehead atoms. The minimum absolute atomic E-state index is 0.0224. The Bertz CT molecular complexity index is 890. The SMILES string of the molecule is CC1(C)CCc2cc(OCCC3COC(c4c(F)cccc4F)=N3)ccc2O1. The summed E-state index contributed by atoms with van der Waals surface area (Å²) < 4.78 is 44.9. The lowest BCUT2D eigenvalue weighted by molar-refractivity contribution is 0.0844. The number of hydrogen-bond donors (Lipinski definition) is 0. The number of hydrogen-bond acceptors (Lipinski definition) is 4. The van der Waals surface area contributed by atoms with Crippen LogP contribution >= 0.6 is 0 Å². The van der Waals surface area contributed by atoms with Crippen molar-refractivity contribution in [2.75, 3.05) is 13.2 Å². The van der Waals surface area contributed by atoms with E-state index in [0.29, 0.717) is 19.6 Å². The summed E-state index contributed by atoms with van der Waals surface area (Å²) in [6.45, 7) is 4.91. The maximum absolute atomic E-state index is 13.9. The number of benzene rings is 2. The monoisotopic (exact) mass is 387 g/mol. The molecule has 0 amide bonds. The van der Waals surface area contributed by atoms with E-state index >= 15 is 0 Å². The molecule has 148 valence electrons. The van der Waals surface area contributed by atoms with Crippen molar-refractivity contribution in [2.45, 2.75) is 44.8 Å². The molecule has 2 heterocycles. The average molecular weight is 387 g/mol. The summed E-state index contributed by atoms with van der Waals surface area (Å²) in [5.74, 6) is 0.374. The summed E-state index contributed by atoms with van der Waals surface area (Å²) in [6, 6.07) is 9.38. The molecule has 6 heteroatoms. The molecular formula is C22H23F2NO3. The highest BCUT2D eigenvalue weighted by molar-refractivity contribution is 5.95. The standard InChI is InChI=1S/C22H23F2NO3/c1-22(2)10-8-14-12-16(6-7-19(14)28-22)26-11-9-15-13-27-21(25-15)20-17(23)4-3-5-18(20)24/h3-7,12,15H,8-11,13H2,1-2H3. The van der Waals surface area contributed by atoms with E-state index < -0.39 is 11.6 Å². The Morgan fingerprint density at radius 2 is 1.96 bits per heavy atom. The third-order valence-corrected chi connectivity index (χ3v) is 5.02. The van der Waals surface area contributed by atoms with Crippen molar-refractivity contribution in [2.24, 2.45) is 4.99 Å². The van der Waals surface area contributed by atoms with Gasteiger partial charge in [0.05, 0.1) is 12.6 Å². The lowest BCUT2D eigenvalue weighted by atomic mass is 9.94. The van der Waals surface area contributed by atoms with Gasteiger partial charge in [0.1, 0.15) is 40.9 Å². The van der Waals surface area contributed by atoms with Gasteiger partial charge in [0, 0.05) is 6.42 Å². The van der Waals surface area contributed by atoms with Gasteiger partial charge in [-0.15, -0.1) is 0 Å². The van der Waals surface area contributed by atoms with E-state index in [-0.39, 0.29) is 23.1 Å². The second-order valence-corrected chi connectivity index (χ2v) is 7.76. The van der Waals surface area contributed by atoms with Gasteiger partial charge in [0.2, 0.25) is 5.90 Å². The molecule has 2 aliphatic rings. The molecular weight excluding hydrogens is 364 g/mol. The zero-order valence-corrected chi connectivity index (χ0v) is 16.0. The van der Waals surface area contributed by atoms with Crippen molar-refractivity contribution in [3.63, 3.8) is 0 Å². The van der Waals surface area contributed by atoms with Gasteiger partial charge in [-0.25, -0.2) is 13.8 Å². The molecule has 0 saturated carbocycles. The molecule has 4 rings (SSSR count). The Morgan fingerprint density at radius 1 is 1.18 bits per heavy atom. The fourth-order valence-electron chi connectivity index (χ4n) is 3.44. The van der Waals surface area contributed by atoms with Gasteiger partial charge in [-0.2, -0.15) is 0 Å². The smallest absolute Gasteiger partial charge is 0.222 e. The van der Waals surface area contributed by atoms with Crippen LogP contribution < -0.4 is 9.47 Å². The molecule has 0 fully saturated rings. The number of nitrogens with zero attached hydrogens (tertiary/aromatic N) is 1. The van der Waals surface area contributed by atoms with Crippen LogP contribution in [0.2, 0.25) is 0 Å². The van der Waals surface area contributed by atoms with Crippen LogP contribution in [0.5, 0.6) is 11.5 Å². The Balaban J connectivity index is 1.34. The Hall–Kier alpha value is -2.63. The molecule has 0 saturated heterocycles. The lowest BCUT2D eigenvalue weighted by Crippen LogP contribution is -2.32. The van der Waals surface area contributed by atoms with E-state index in [1.165, 1.54) is 18.2 Å². The first-order valence-electron chi connectivity index (χ1n) is 9.51. The first kappa shape index (κ1) is 18.7. The van der Waals surface area contributed by atoms with Crippen LogP contribution in [0.1, 0.15) is 37.8 Å². The number of aliphatic imine (C=N–C) groups is 1. The number of aryl methyl sites for hydroxylation is 1. The van der Waals surface area contributed by atoms with Gasteiger partial charge in [-0.1, -0.05) is 6.07 Å². The fraction of sp³-hybridized carbons (Fsp3) is 0.409. The van der Waals surface area contributed by atoms with Crippen molar-refractivity contribution in [1.29, 1.82) is 0 Å². The molecule has 0 N–H and O–H groups in total. The third kappa shape index (κ3) is 3.96. The molecule has 1 unspecified atom stereocenters. The number of fused-ring (bicyclic) bond motifs is 1. The highest BCUT2D eigenvalue weighted by atomic mass is 19.1. The van der Waals surface area contributed by atoms with Crippen LogP contribution in [0.25, 0.3) is 0 Å². The number of rotatable bonds is 5. The van der Waals surface area contributed by atoms with Crippen molar-refractivity contribution in [3.05, 3.63) is 59.2 Å². The van der Waals surface area contributed by atoms with Gasteiger partial charge < -0.3 is 14.2 Å². The van der Waals surface area contributed by atoms with E-state index in [1.54, 1.807) is 0 Å². The molecule has 2 aliphatic heterocycles. The highest BCUT2D eigenvalue weighted by Crippen LogP contribution is 2.35. The van der Waals surface area contributed by atoms with Crippen molar-refractivity contribution in [3.8, 4) is 11.5 Å². The Morgan fingerprint density at radius 3 is 2.75 bits per heavy atom. The van der Waals surface area contributed by atoms with Crippen molar-refractivity contribution >= 4 is 5.90 Å². The van der Waals surface area contributed by atoms with Gasteiger partial charge in [-0.3, -0.25) is 0 Å². The van der Waals surface area contributed by atoms with Crippen LogP contribution in [-0.2, 0) is 11.2 Å². The molecule has 0 aliphatic carbocycles. The maximum Gasteiger partial charge on any atom is 0.222 e. The molecule has 1 atom stereocenters. The Kier molecular flexibility index (Phi) is 4.96. The zero-order valence-electron chi connectivity index (χ0n) is 16.0. The fourth-order valence-corrected chi connectivity index (χ4v) is 3.44. The quantitative estimate of drug-likeness (QED) is 0.748. The minimum Gasteiger partial charge on any atom is -0.493 e. The van der Waals surface area contributed by atoms with Gasteiger partial charge in [-0.05, 0) is 62.6 Å². The topological polar surface area (TPSA) is 40.0 Å².